The molecule has 0 radical (unpaired) electrons. The Morgan fingerprint density at radius 3 is 2.33 bits per heavy atom. The molecule has 1 fully saturated rings. The summed E-state index contributed by atoms with van der Waals surface area (Å²) in [5.74, 6) is -0.203. The van der Waals surface area contributed by atoms with Crippen molar-refractivity contribution in [2.24, 2.45) is 0 Å². The largest absolute Gasteiger partial charge is 0.339 e. The summed E-state index contributed by atoms with van der Waals surface area (Å²) in [6, 6.07) is 19.8. The van der Waals surface area contributed by atoms with Crippen molar-refractivity contribution in [3.05, 3.63) is 88.1 Å². The summed E-state index contributed by atoms with van der Waals surface area (Å²) in [5.41, 5.74) is 2.54. The van der Waals surface area contributed by atoms with E-state index >= 15 is 0 Å². The summed E-state index contributed by atoms with van der Waals surface area (Å²) >= 11 is 1.32. The minimum absolute atomic E-state index is 0.0679. The normalized spacial score (nSPS) is 16.6. The van der Waals surface area contributed by atoms with Gasteiger partial charge in [-0.05, 0) is 47.4 Å². The first-order valence-corrected chi connectivity index (χ1v) is 13.6. The third kappa shape index (κ3) is 6.09. The van der Waals surface area contributed by atoms with Crippen LogP contribution in [0, 0.1) is 0 Å². The topological polar surface area (TPSA) is 92.3 Å². The molecule has 2 aromatic carbocycles. The zero-order valence-electron chi connectivity index (χ0n) is 18.1. The molecule has 0 saturated carbocycles. The lowest BCUT2D eigenvalue weighted by molar-refractivity contribution is -0.118. The van der Waals surface area contributed by atoms with Crippen LogP contribution in [0.25, 0.3) is 0 Å². The van der Waals surface area contributed by atoms with Gasteiger partial charge in [-0.25, -0.2) is 8.42 Å². The first kappa shape index (κ1) is 23.2. The summed E-state index contributed by atoms with van der Waals surface area (Å²) in [6.07, 6.45) is 1.43. The Kier molecular flexibility index (Phi) is 7.25. The van der Waals surface area contributed by atoms with Crippen LogP contribution in [0.1, 0.15) is 39.6 Å². The van der Waals surface area contributed by atoms with Crippen molar-refractivity contribution in [1.29, 1.82) is 0 Å². The van der Waals surface area contributed by atoms with Crippen LogP contribution in [-0.4, -0.2) is 37.8 Å². The molecular formula is C25H26N2O4S2. The van der Waals surface area contributed by atoms with Gasteiger partial charge < -0.3 is 10.6 Å². The van der Waals surface area contributed by atoms with E-state index in [-0.39, 0.29) is 29.2 Å². The van der Waals surface area contributed by atoms with Gasteiger partial charge in [0.15, 0.2) is 0 Å². The van der Waals surface area contributed by atoms with Gasteiger partial charge in [0.1, 0.15) is 15.9 Å². The van der Waals surface area contributed by atoms with Crippen LogP contribution < -0.4 is 10.6 Å². The van der Waals surface area contributed by atoms with Crippen LogP contribution in [0.15, 0.2) is 72.1 Å². The predicted octanol–water partition coefficient (Wildman–Crippen LogP) is 4.02. The lowest BCUT2D eigenvalue weighted by Gasteiger charge is -2.25. The molecule has 172 valence electrons. The molecular weight excluding hydrogens is 456 g/mol. The molecule has 1 atom stereocenters. The Hall–Kier alpha value is -2.97. The van der Waals surface area contributed by atoms with E-state index in [0.29, 0.717) is 29.8 Å². The van der Waals surface area contributed by atoms with Crippen molar-refractivity contribution in [1.82, 2.24) is 5.32 Å². The second-order valence-electron chi connectivity index (χ2n) is 8.20. The van der Waals surface area contributed by atoms with Crippen LogP contribution in [0.4, 0.5) is 5.69 Å². The third-order valence-electron chi connectivity index (χ3n) is 5.86. The highest BCUT2D eigenvalue weighted by Gasteiger charge is 2.28. The number of nitrogens with one attached hydrogen (secondary N) is 2. The second-order valence-corrected chi connectivity index (χ2v) is 11.4. The summed E-state index contributed by atoms with van der Waals surface area (Å²) in [4.78, 5) is 26.6. The second kappa shape index (κ2) is 10.3. The number of benzene rings is 2. The molecule has 6 nitrogen and oxygen atoms in total. The number of carbonyl (C=O) groups is 2. The van der Waals surface area contributed by atoms with E-state index in [1.54, 1.807) is 12.1 Å². The van der Waals surface area contributed by atoms with E-state index in [1.165, 1.54) is 11.3 Å². The monoisotopic (exact) mass is 482 g/mol. The van der Waals surface area contributed by atoms with Crippen LogP contribution in [0.5, 0.6) is 0 Å². The van der Waals surface area contributed by atoms with E-state index < -0.39 is 15.9 Å². The fourth-order valence-corrected chi connectivity index (χ4v) is 6.20. The van der Waals surface area contributed by atoms with Gasteiger partial charge in [0.25, 0.3) is 5.91 Å². The fourth-order valence-electron chi connectivity index (χ4n) is 4.08. The van der Waals surface area contributed by atoms with Crippen molar-refractivity contribution < 1.29 is 18.0 Å². The smallest absolute Gasteiger partial charge is 0.262 e. The van der Waals surface area contributed by atoms with Gasteiger partial charge in [-0.15, -0.1) is 11.3 Å². The molecule has 4 rings (SSSR count). The summed E-state index contributed by atoms with van der Waals surface area (Å²) < 4.78 is 23.7. The molecule has 3 aromatic rings. The standard InChI is InChI=1S/C25H26N2O4S2/c28-24(26-21-10-5-4-9-20(21)19-12-15-33(30,31)16-13-19)22(17-18-7-2-1-3-8-18)27-25(29)23-11-6-14-32-23/h1-11,14,19,22H,12-13,15-17H2,(H,26,28)(H,27,29)/t22-/m1/s1. The van der Waals surface area contributed by atoms with Gasteiger partial charge in [0, 0.05) is 12.1 Å². The molecule has 0 aliphatic carbocycles. The highest BCUT2D eigenvalue weighted by atomic mass is 32.2. The molecule has 2 N–H and O–H groups in total. The van der Waals surface area contributed by atoms with Gasteiger partial charge >= 0.3 is 0 Å². The number of amides is 2. The Morgan fingerprint density at radius 2 is 1.64 bits per heavy atom. The van der Waals surface area contributed by atoms with Gasteiger partial charge in [0.05, 0.1) is 16.4 Å². The number of hydrogen-bond acceptors (Lipinski definition) is 5. The molecule has 0 spiro atoms. The number of para-hydroxylation sites is 1. The Bertz CT molecular complexity index is 1190. The Labute approximate surface area is 198 Å². The van der Waals surface area contributed by atoms with Crippen LogP contribution in [0.2, 0.25) is 0 Å². The maximum absolute atomic E-state index is 13.3. The van der Waals surface area contributed by atoms with Crippen LogP contribution in [-0.2, 0) is 21.1 Å². The van der Waals surface area contributed by atoms with E-state index in [9.17, 15) is 18.0 Å². The van der Waals surface area contributed by atoms with E-state index in [4.69, 9.17) is 0 Å². The third-order valence-corrected chi connectivity index (χ3v) is 8.45. The molecule has 1 aliphatic heterocycles. The van der Waals surface area contributed by atoms with Crippen LogP contribution in [0.3, 0.4) is 0 Å². The van der Waals surface area contributed by atoms with Crippen molar-refractivity contribution >= 4 is 38.7 Å². The quantitative estimate of drug-likeness (QED) is 0.532. The number of anilines is 1. The molecule has 0 bridgehead atoms. The molecule has 1 saturated heterocycles. The molecule has 2 amide bonds. The number of carbonyl (C=O) groups excluding carboxylic acids is 2. The Balaban J connectivity index is 1.53. The molecule has 8 heteroatoms. The highest BCUT2D eigenvalue weighted by molar-refractivity contribution is 7.91. The highest BCUT2D eigenvalue weighted by Crippen LogP contribution is 2.33. The molecule has 33 heavy (non-hydrogen) atoms. The van der Waals surface area contributed by atoms with Gasteiger partial charge in [0.2, 0.25) is 5.91 Å². The lowest BCUT2D eigenvalue weighted by atomic mass is 9.92. The van der Waals surface area contributed by atoms with E-state index in [2.05, 4.69) is 10.6 Å². The minimum Gasteiger partial charge on any atom is -0.339 e. The van der Waals surface area contributed by atoms with Crippen molar-refractivity contribution in [3.63, 3.8) is 0 Å². The first-order chi connectivity index (χ1) is 15.9. The Morgan fingerprint density at radius 1 is 0.939 bits per heavy atom. The van der Waals surface area contributed by atoms with E-state index in [0.717, 1.165) is 11.1 Å². The molecule has 1 aromatic heterocycles. The fraction of sp³-hybridized carbons (Fsp3) is 0.280. The molecule has 1 aliphatic rings. The molecule has 2 heterocycles. The minimum atomic E-state index is -2.98. The summed E-state index contributed by atoms with van der Waals surface area (Å²) in [7, 11) is -2.98. The van der Waals surface area contributed by atoms with Crippen molar-refractivity contribution in [3.8, 4) is 0 Å². The maximum Gasteiger partial charge on any atom is 0.262 e. The number of rotatable bonds is 7. The van der Waals surface area contributed by atoms with E-state index in [1.807, 2.05) is 60.0 Å². The van der Waals surface area contributed by atoms with Gasteiger partial charge in [-0.2, -0.15) is 0 Å². The average Bonchev–Trinajstić information content (AvgIpc) is 3.35. The zero-order chi connectivity index (χ0) is 23.3. The van der Waals surface area contributed by atoms with Gasteiger partial charge in [-0.3, -0.25) is 9.59 Å². The number of hydrogen-bond donors (Lipinski definition) is 2. The van der Waals surface area contributed by atoms with Crippen molar-refractivity contribution in [2.45, 2.75) is 31.2 Å². The lowest BCUT2D eigenvalue weighted by Crippen LogP contribution is -2.45. The predicted molar refractivity (Wildman–Crippen MR) is 131 cm³/mol. The zero-order valence-corrected chi connectivity index (χ0v) is 19.7. The van der Waals surface area contributed by atoms with Crippen molar-refractivity contribution in [2.75, 3.05) is 16.8 Å². The number of thiophene rings is 1. The molecule has 0 unspecified atom stereocenters. The number of sulfone groups is 1. The van der Waals surface area contributed by atoms with Gasteiger partial charge in [-0.1, -0.05) is 54.6 Å². The SMILES string of the molecule is O=C(N[C@H](Cc1ccccc1)C(=O)Nc1ccccc1C1CCS(=O)(=O)CC1)c1cccs1. The van der Waals surface area contributed by atoms with Crippen LogP contribution >= 0.6 is 11.3 Å². The summed E-state index contributed by atoms with van der Waals surface area (Å²) in [6.45, 7) is 0. The first-order valence-electron chi connectivity index (χ1n) is 10.9. The summed E-state index contributed by atoms with van der Waals surface area (Å²) in [5, 5.41) is 7.70. The maximum atomic E-state index is 13.3. The average molecular weight is 483 g/mol.